The van der Waals surface area contributed by atoms with Crippen LogP contribution in [-0.2, 0) is 16.1 Å². The van der Waals surface area contributed by atoms with Crippen molar-refractivity contribution in [2.45, 2.75) is 26.4 Å². The van der Waals surface area contributed by atoms with Crippen LogP contribution in [0.3, 0.4) is 0 Å². The smallest absolute Gasteiger partial charge is 0.263 e. The first kappa shape index (κ1) is 13.5. The Labute approximate surface area is 115 Å². The molecule has 0 radical (unpaired) electrons. The Morgan fingerprint density at radius 2 is 1.74 bits per heavy atom. The third-order valence-electron chi connectivity index (χ3n) is 2.89. The summed E-state index contributed by atoms with van der Waals surface area (Å²) in [6.45, 7) is 3.37. The van der Waals surface area contributed by atoms with Gasteiger partial charge in [-0.3, -0.25) is 19.4 Å². The maximum atomic E-state index is 12.1. The maximum absolute atomic E-state index is 12.1. The number of hydrogen-bond donors (Lipinski definition) is 0. The SMILES string of the molecule is CC(C)N1C(=O)C(=O)N(Cc2ccccc2Cl)C1=O. The Balaban J connectivity index is 2.27. The molecule has 1 saturated heterocycles. The van der Waals surface area contributed by atoms with Gasteiger partial charge in [-0.25, -0.2) is 4.79 Å². The van der Waals surface area contributed by atoms with Gasteiger partial charge in [0.15, 0.2) is 0 Å². The first-order valence-corrected chi connectivity index (χ1v) is 6.23. The summed E-state index contributed by atoms with van der Waals surface area (Å²) in [6.07, 6.45) is 0. The lowest BCUT2D eigenvalue weighted by Gasteiger charge is -2.18. The van der Waals surface area contributed by atoms with E-state index in [0.29, 0.717) is 10.6 Å². The molecule has 0 unspecified atom stereocenters. The van der Waals surface area contributed by atoms with E-state index in [1.165, 1.54) is 0 Å². The van der Waals surface area contributed by atoms with E-state index in [2.05, 4.69) is 0 Å². The van der Waals surface area contributed by atoms with Crippen molar-refractivity contribution < 1.29 is 14.4 Å². The van der Waals surface area contributed by atoms with Crippen LogP contribution in [0, 0.1) is 0 Å². The Morgan fingerprint density at radius 1 is 1.11 bits per heavy atom. The molecule has 0 atom stereocenters. The number of halogens is 1. The molecule has 6 heteroatoms. The molecule has 100 valence electrons. The summed E-state index contributed by atoms with van der Waals surface area (Å²) in [4.78, 5) is 37.5. The molecular formula is C13H13ClN2O3. The number of imide groups is 2. The van der Waals surface area contributed by atoms with Crippen LogP contribution >= 0.6 is 11.6 Å². The summed E-state index contributed by atoms with van der Waals surface area (Å²) in [5, 5.41) is 0.457. The number of urea groups is 1. The molecule has 2 rings (SSSR count). The molecule has 0 N–H and O–H groups in total. The van der Waals surface area contributed by atoms with Crippen LogP contribution in [0.2, 0.25) is 5.02 Å². The average molecular weight is 281 g/mol. The van der Waals surface area contributed by atoms with Crippen molar-refractivity contribution in [1.29, 1.82) is 0 Å². The fraction of sp³-hybridized carbons (Fsp3) is 0.308. The first-order valence-electron chi connectivity index (χ1n) is 5.86. The van der Waals surface area contributed by atoms with Crippen LogP contribution in [0.5, 0.6) is 0 Å². The molecule has 0 aromatic heterocycles. The molecule has 1 aliphatic heterocycles. The molecule has 0 saturated carbocycles. The molecule has 1 aromatic carbocycles. The van der Waals surface area contributed by atoms with E-state index in [1.54, 1.807) is 38.1 Å². The lowest BCUT2D eigenvalue weighted by Crippen LogP contribution is -2.37. The van der Waals surface area contributed by atoms with Gasteiger partial charge in [-0.05, 0) is 25.5 Å². The van der Waals surface area contributed by atoms with Crippen LogP contribution in [0.4, 0.5) is 4.79 Å². The van der Waals surface area contributed by atoms with Gasteiger partial charge in [-0.2, -0.15) is 0 Å². The number of hydrogen-bond acceptors (Lipinski definition) is 3. The minimum Gasteiger partial charge on any atom is -0.263 e. The fourth-order valence-electron chi connectivity index (χ4n) is 1.91. The number of benzene rings is 1. The largest absolute Gasteiger partial charge is 0.334 e. The number of amides is 4. The van der Waals surface area contributed by atoms with Gasteiger partial charge in [0, 0.05) is 11.1 Å². The molecule has 4 amide bonds. The quantitative estimate of drug-likeness (QED) is 0.629. The van der Waals surface area contributed by atoms with Gasteiger partial charge in [0.2, 0.25) is 0 Å². The predicted octanol–water partition coefficient (Wildman–Crippen LogP) is 2.04. The van der Waals surface area contributed by atoms with E-state index in [-0.39, 0.29) is 12.6 Å². The Hall–Kier alpha value is -1.88. The monoisotopic (exact) mass is 280 g/mol. The van der Waals surface area contributed by atoms with Gasteiger partial charge in [-0.1, -0.05) is 29.8 Å². The maximum Gasteiger partial charge on any atom is 0.334 e. The fourth-order valence-corrected chi connectivity index (χ4v) is 2.11. The number of carbonyl (C=O) groups is 3. The van der Waals surface area contributed by atoms with Gasteiger partial charge in [0.25, 0.3) is 0 Å². The zero-order valence-corrected chi connectivity index (χ0v) is 11.3. The number of rotatable bonds is 3. The van der Waals surface area contributed by atoms with Gasteiger partial charge in [0.1, 0.15) is 0 Å². The van der Waals surface area contributed by atoms with Crippen molar-refractivity contribution in [1.82, 2.24) is 9.80 Å². The third-order valence-corrected chi connectivity index (χ3v) is 3.26. The van der Waals surface area contributed by atoms with E-state index in [1.807, 2.05) is 0 Å². The number of nitrogens with zero attached hydrogens (tertiary/aromatic N) is 2. The normalized spacial score (nSPS) is 15.9. The van der Waals surface area contributed by atoms with E-state index in [0.717, 1.165) is 9.80 Å². The zero-order chi connectivity index (χ0) is 14.2. The second-order valence-electron chi connectivity index (χ2n) is 4.53. The van der Waals surface area contributed by atoms with Crippen LogP contribution in [0.25, 0.3) is 0 Å². The summed E-state index contributed by atoms with van der Waals surface area (Å²) in [5.41, 5.74) is 0.629. The van der Waals surface area contributed by atoms with Crippen molar-refractivity contribution >= 4 is 29.4 Å². The second kappa shape index (κ2) is 5.01. The van der Waals surface area contributed by atoms with E-state index in [4.69, 9.17) is 11.6 Å². The molecule has 0 aliphatic carbocycles. The van der Waals surface area contributed by atoms with Crippen LogP contribution in [0.15, 0.2) is 24.3 Å². The molecule has 5 nitrogen and oxygen atoms in total. The van der Waals surface area contributed by atoms with Gasteiger partial charge in [-0.15, -0.1) is 0 Å². The summed E-state index contributed by atoms with van der Waals surface area (Å²) >= 11 is 5.99. The van der Waals surface area contributed by atoms with Crippen molar-refractivity contribution in [2.24, 2.45) is 0 Å². The summed E-state index contributed by atoms with van der Waals surface area (Å²) in [7, 11) is 0. The summed E-state index contributed by atoms with van der Waals surface area (Å²) in [6, 6.07) is 5.96. The molecule has 19 heavy (non-hydrogen) atoms. The van der Waals surface area contributed by atoms with Crippen molar-refractivity contribution in [3.63, 3.8) is 0 Å². The third kappa shape index (κ3) is 2.33. The zero-order valence-electron chi connectivity index (χ0n) is 10.6. The first-order chi connectivity index (χ1) is 8.93. The highest BCUT2D eigenvalue weighted by Gasteiger charge is 2.45. The van der Waals surface area contributed by atoms with E-state index < -0.39 is 17.8 Å². The standard InChI is InChI=1S/C13H13ClN2O3/c1-8(2)16-12(18)11(17)15(13(16)19)7-9-5-3-4-6-10(9)14/h3-6,8H,7H2,1-2H3. The van der Waals surface area contributed by atoms with Crippen LogP contribution in [0.1, 0.15) is 19.4 Å². The highest BCUT2D eigenvalue weighted by Crippen LogP contribution is 2.22. The van der Waals surface area contributed by atoms with Gasteiger partial charge < -0.3 is 0 Å². The van der Waals surface area contributed by atoms with E-state index in [9.17, 15) is 14.4 Å². The molecule has 1 fully saturated rings. The second-order valence-corrected chi connectivity index (χ2v) is 4.94. The Kier molecular flexibility index (Phi) is 3.57. The van der Waals surface area contributed by atoms with Crippen molar-refractivity contribution in [3.8, 4) is 0 Å². The molecular weight excluding hydrogens is 268 g/mol. The van der Waals surface area contributed by atoms with Gasteiger partial charge >= 0.3 is 17.8 Å². The topological polar surface area (TPSA) is 57.7 Å². The average Bonchev–Trinajstić information content (AvgIpc) is 2.56. The molecule has 1 aliphatic rings. The van der Waals surface area contributed by atoms with Crippen LogP contribution < -0.4 is 0 Å². The lowest BCUT2D eigenvalue weighted by molar-refractivity contribution is -0.144. The predicted molar refractivity (Wildman–Crippen MR) is 69.4 cm³/mol. The summed E-state index contributed by atoms with van der Waals surface area (Å²) < 4.78 is 0. The molecule has 0 bridgehead atoms. The number of carbonyl (C=O) groups excluding carboxylic acids is 3. The minimum absolute atomic E-state index is 0.00625. The highest BCUT2D eigenvalue weighted by atomic mass is 35.5. The Morgan fingerprint density at radius 3 is 2.26 bits per heavy atom. The van der Waals surface area contributed by atoms with E-state index >= 15 is 0 Å². The van der Waals surface area contributed by atoms with Crippen molar-refractivity contribution in [2.75, 3.05) is 0 Å². The van der Waals surface area contributed by atoms with Crippen LogP contribution in [-0.4, -0.2) is 33.7 Å². The summed E-state index contributed by atoms with van der Waals surface area (Å²) in [5.74, 6) is -1.59. The molecule has 1 heterocycles. The molecule has 0 spiro atoms. The Bertz CT molecular complexity index is 557. The lowest BCUT2D eigenvalue weighted by atomic mass is 10.2. The highest BCUT2D eigenvalue weighted by molar-refractivity contribution is 6.44. The van der Waals surface area contributed by atoms with Gasteiger partial charge in [0.05, 0.1) is 6.54 Å². The minimum atomic E-state index is -0.807. The molecule has 1 aromatic rings. The van der Waals surface area contributed by atoms with Crippen molar-refractivity contribution in [3.05, 3.63) is 34.9 Å².